The first kappa shape index (κ1) is 28.3. The molecule has 1 heterocycles. The second-order valence-electron chi connectivity index (χ2n) is 9.88. The average molecular weight is 513 g/mol. The third-order valence-corrected chi connectivity index (χ3v) is 7.15. The van der Waals surface area contributed by atoms with Crippen molar-refractivity contribution >= 4 is 27.3 Å². The summed E-state index contributed by atoms with van der Waals surface area (Å²) in [6.07, 6.45) is 1.94. The SMILES string of the molecule is COCCn1c(CN(CCN(C)C)C(=O)CC(C)(C)C)cnc1S(=O)(=O)Cc1ccccc1Cl. The van der Waals surface area contributed by atoms with Gasteiger partial charge < -0.3 is 19.1 Å². The van der Waals surface area contributed by atoms with Gasteiger partial charge in [-0.25, -0.2) is 13.4 Å². The molecular formula is C24H37ClN4O4S. The van der Waals surface area contributed by atoms with Gasteiger partial charge in [0.15, 0.2) is 0 Å². The molecule has 0 bridgehead atoms. The van der Waals surface area contributed by atoms with Crippen LogP contribution in [0.1, 0.15) is 38.4 Å². The van der Waals surface area contributed by atoms with Gasteiger partial charge in [0.2, 0.25) is 20.9 Å². The van der Waals surface area contributed by atoms with Crippen molar-refractivity contribution in [2.45, 2.75) is 51.2 Å². The minimum absolute atomic E-state index is 0.0225. The Morgan fingerprint density at radius 3 is 2.44 bits per heavy atom. The normalized spacial score (nSPS) is 12.4. The Labute approximate surface area is 208 Å². The van der Waals surface area contributed by atoms with Crippen LogP contribution in [0.2, 0.25) is 5.02 Å². The number of carbonyl (C=O) groups excluding carboxylic acids is 1. The van der Waals surface area contributed by atoms with Crippen LogP contribution in [0.25, 0.3) is 0 Å². The molecule has 1 aromatic heterocycles. The van der Waals surface area contributed by atoms with Crippen molar-refractivity contribution in [3.05, 3.63) is 46.7 Å². The molecule has 0 aliphatic heterocycles. The number of ether oxygens (including phenoxy) is 1. The molecule has 10 heteroatoms. The predicted octanol–water partition coefficient (Wildman–Crippen LogP) is 3.48. The number of methoxy groups -OCH3 is 1. The molecule has 0 aliphatic rings. The molecule has 0 radical (unpaired) electrons. The fourth-order valence-electron chi connectivity index (χ4n) is 3.45. The fraction of sp³-hybridized carbons (Fsp3) is 0.583. The molecule has 190 valence electrons. The summed E-state index contributed by atoms with van der Waals surface area (Å²) >= 11 is 6.20. The van der Waals surface area contributed by atoms with Gasteiger partial charge in [-0.05, 0) is 31.1 Å². The second kappa shape index (κ2) is 12.2. The van der Waals surface area contributed by atoms with E-state index in [-0.39, 0.29) is 28.8 Å². The standard InChI is InChI=1S/C24H37ClN4O4S/c1-24(2,3)15-22(30)28(12-11-27(4)5)17-20-16-26-23(29(20)13-14-33-6)34(31,32)18-19-9-7-8-10-21(19)25/h7-10,16H,11-15,17-18H2,1-6H3. The third kappa shape index (κ3) is 8.37. The molecule has 0 N–H and O–H groups in total. The van der Waals surface area contributed by atoms with E-state index >= 15 is 0 Å². The molecule has 0 aliphatic carbocycles. The number of hydrogen-bond donors (Lipinski definition) is 0. The number of halogens is 1. The molecule has 1 aromatic carbocycles. The number of nitrogens with zero attached hydrogens (tertiary/aromatic N) is 4. The maximum Gasteiger partial charge on any atom is 0.228 e. The summed E-state index contributed by atoms with van der Waals surface area (Å²) in [5.74, 6) is -0.238. The van der Waals surface area contributed by atoms with Gasteiger partial charge in [-0.3, -0.25) is 4.79 Å². The maximum atomic E-state index is 13.3. The van der Waals surface area contributed by atoms with Crippen molar-refractivity contribution in [3.8, 4) is 0 Å². The lowest BCUT2D eigenvalue weighted by Gasteiger charge is -2.28. The summed E-state index contributed by atoms with van der Waals surface area (Å²) in [5, 5.41) is 0.347. The number of aromatic nitrogens is 2. The van der Waals surface area contributed by atoms with Crippen molar-refractivity contribution < 1.29 is 17.9 Å². The molecule has 0 saturated carbocycles. The first-order chi connectivity index (χ1) is 15.8. The van der Waals surface area contributed by atoms with Gasteiger partial charge in [-0.2, -0.15) is 0 Å². The smallest absolute Gasteiger partial charge is 0.228 e. The lowest BCUT2D eigenvalue weighted by Crippen LogP contribution is -2.38. The van der Waals surface area contributed by atoms with Crippen molar-refractivity contribution in [1.82, 2.24) is 19.4 Å². The lowest BCUT2D eigenvalue weighted by atomic mass is 9.91. The summed E-state index contributed by atoms with van der Waals surface area (Å²) in [6, 6.07) is 6.87. The van der Waals surface area contributed by atoms with Gasteiger partial charge in [0.25, 0.3) is 0 Å². The van der Waals surface area contributed by atoms with Crippen molar-refractivity contribution in [1.29, 1.82) is 0 Å². The Bertz CT molecular complexity index is 1060. The van der Waals surface area contributed by atoms with E-state index in [9.17, 15) is 13.2 Å². The minimum atomic E-state index is -3.79. The topological polar surface area (TPSA) is 84.7 Å². The van der Waals surface area contributed by atoms with Crippen molar-refractivity contribution in [2.24, 2.45) is 5.41 Å². The number of amides is 1. The van der Waals surface area contributed by atoms with Crippen LogP contribution in [0.5, 0.6) is 0 Å². The van der Waals surface area contributed by atoms with Gasteiger partial charge in [0.1, 0.15) is 0 Å². The molecule has 2 aromatic rings. The highest BCUT2D eigenvalue weighted by atomic mass is 35.5. The van der Waals surface area contributed by atoms with Gasteiger partial charge >= 0.3 is 0 Å². The molecular weight excluding hydrogens is 476 g/mol. The Kier molecular flexibility index (Phi) is 10.1. The lowest BCUT2D eigenvalue weighted by molar-refractivity contribution is -0.134. The van der Waals surface area contributed by atoms with Crippen LogP contribution in [0.4, 0.5) is 0 Å². The van der Waals surface area contributed by atoms with Crippen LogP contribution in [-0.2, 0) is 38.2 Å². The molecule has 34 heavy (non-hydrogen) atoms. The van der Waals surface area contributed by atoms with E-state index in [1.165, 1.54) is 0 Å². The Morgan fingerprint density at radius 2 is 1.85 bits per heavy atom. The number of sulfone groups is 1. The Balaban J connectivity index is 2.39. The van der Waals surface area contributed by atoms with Gasteiger partial charge in [-0.1, -0.05) is 50.6 Å². The zero-order valence-corrected chi connectivity index (χ0v) is 22.6. The fourth-order valence-corrected chi connectivity index (χ4v) is 5.28. The van der Waals surface area contributed by atoms with Crippen LogP contribution >= 0.6 is 11.6 Å². The van der Waals surface area contributed by atoms with E-state index in [2.05, 4.69) is 4.98 Å². The van der Waals surface area contributed by atoms with E-state index in [0.717, 1.165) is 0 Å². The molecule has 0 saturated heterocycles. The molecule has 0 fully saturated rings. The quantitative estimate of drug-likeness (QED) is 0.433. The average Bonchev–Trinajstić information content (AvgIpc) is 3.13. The third-order valence-electron chi connectivity index (χ3n) is 5.21. The molecule has 0 spiro atoms. The molecule has 1 amide bonds. The summed E-state index contributed by atoms with van der Waals surface area (Å²) < 4.78 is 33.5. The summed E-state index contributed by atoms with van der Waals surface area (Å²) in [4.78, 5) is 21.2. The number of likely N-dealkylation sites (N-methyl/N-ethyl adjacent to an activating group) is 1. The second-order valence-corrected chi connectivity index (χ2v) is 12.2. The summed E-state index contributed by atoms with van der Waals surface area (Å²) in [7, 11) is 1.68. The van der Waals surface area contributed by atoms with Crippen LogP contribution in [0.15, 0.2) is 35.6 Å². The number of carbonyl (C=O) groups is 1. The first-order valence-corrected chi connectivity index (χ1v) is 13.3. The highest BCUT2D eigenvalue weighted by molar-refractivity contribution is 7.90. The first-order valence-electron chi connectivity index (χ1n) is 11.3. The van der Waals surface area contributed by atoms with Crippen molar-refractivity contribution in [2.75, 3.05) is 40.9 Å². The minimum Gasteiger partial charge on any atom is -0.383 e. The Hall–Kier alpha value is -1.94. The summed E-state index contributed by atoms with van der Waals surface area (Å²) in [6.45, 7) is 8.18. The monoisotopic (exact) mass is 512 g/mol. The van der Waals surface area contributed by atoms with Gasteiger partial charge in [0, 0.05) is 38.2 Å². The van der Waals surface area contributed by atoms with E-state index in [0.29, 0.717) is 48.9 Å². The van der Waals surface area contributed by atoms with Gasteiger partial charge in [-0.15, -0.1) is 0 Å². The predicted molar refractivity (Wildman–Crippen MR) is 134 cm³/mol. The van der Waals surface area contributed by atoms with E-state index in [4.69, 9.17) is 16.3 Å². The number of imidazole rings is 1. The number of hydrogen-bond acceptors (Lipinski definition) is 6. The molecule has 0 atom stereocenters. The summed E-state index contributed by atoms with van der Waals surface area (Å²) in [5.41, 5.74) is 1.00. The molecule has 8 nitrogen and oxygen atoms in total. The zero-order valence-electron chi connectivity index (χ0n) is 21.0. The van der Waals surface area contributed by atoms with E-state index in [1.54, 1.807) is 47.0 Å². The van der Waals surface area contributed by atoms with Crippen LogP contribution in [0.3, 0.4) is 0 Å². The number of benzene rings is 1. The van der Waals surface area contributed by atoms with E-state index in [1.807, 2.05) is 39.8 Å². The highest BCUT2D eigenvalue weighted by Gasteiger charge is 2.27. The van der Waals surface area contributed by atoms with Crippen LogP contribution in [0, 0.1) is 5.41 Å². The zero-order chi connectivity index (χ0) is 25.5. The van der Waals surface area contributed by atoms with Crippen molar-refractivity contribution in [3.63, 3.8) is 0 Å². The van der Waals surface area contributed by atoms with Crippen LogP contribution in [-0.4, -0.2) is 74.6 Å². The Morgan fingerprint density at radius 1 is 1.18 bits per heavy atom. The molecule has 0 unspecified atom stereocenters. The molecule has 2 rings (SSSR count). The highest BCUT2D eigenvalue weighted by Crippen LogP contribution is 2.24. The maximum absolute atomic E-state index is 13.3. The number of rotatable bonds is 12. The largest absolute Gasteiger partial charge is 0.383 e. The van der Waals surface area contributed by atoms with Gasteiger partial charge in [0.05, 0.1) is 30.8 Å². The van der Waals surface area contributed by atoms with E-state index < -0.39 is 9.84 Å². The van der Waals surface area contributed by atoms with Crippen LogP contribution < -0.4 is 0 Å².